The number of hydrogen-bond acceptors (Lipinski definition) is 4. The normalized spacial score (nSPS) is 16.2. The van der Waals surface area contributed by atoms with E-state index in [-0.39, 0.29) is 12.0 Å². The molecule has 0 aliphatic rings. The van der Waals surface area contributed by atoms with Crippen LogP contribution in [-0.4, -0.2) is 34.7 Å². The first-order valence-electron chi connectivity index (χ1n) is 5.84. The van der Waals surface area contributed by atoms with E-state index < -0.39 is 5.54 Å². The first kappa shape index (κ1) is 13.7. The Balaban J connectivity index is 2.76. The summed E-state index contributed by atoms with van der Waals surface area (Å²) in [4.78, 5) is 15.8. The number of imidazole rings is 1. The number of carbonyl (C=O) groups excluding carboxylic acids is 1. The molecule has 1 heterocycles. The fourth-order valence-corrected chi connectivity index (χ4v) is 2.07. The number of likely N-dealkylation sites (N-methyl/N-ethyl adjacent to an activating group) is 1. The molecule has 0 aliphatic heterocycles. The van der Waals surface area contributed by atoms with Crippen molar-refractivity contribution in [3.05, 3.63) is 18.7 Å². The van der Waals surface area contributed by atoms with Crippen LogP contribution in [0, 0.1) is 0 Å². The second kappa shape index (κ2) is 5.82. The molecule has 0 aromatic carbocycles. The Bertz CT molecular complexity index is 351. The molecule has 5 heteroatoms. The molecule has 5 nitrogen and oxygen atoms in total. The Labute approximate surface area is 102 Å². The number of rotatable bonds is 6. The second-order valence-electron chi connectivity index (χ2n) is 4.42. The quantitative estimate of drug-likeness (QED) is 0.762. The van der Waals surface area contributed by atoms with Crippen LogP contribution < -0.4 is 5.32 Å². The summed E-state index contributed by atoms with van der Waals surface area (Å²) in [5.41, 5.74) is -0.660. The van der Waals surface area contributed by atoms with Crippen LogP contribution in [0.25, 0.3) is 0 Å². The standard InChI is InChI=1S/C12H21N3O2/c1-5-14-12(3,11(16)17-4)8-10(2)15-7-6-13-9-15/h6-7,9-10,14H,5,8H2,1-4H3. The number of hydrogen-bond donors (Lipinski definition) is 1. The Morgan fingerprint density at radius 1 is 1.65 bits per heavy atom. The predicted molar refractivity (Wildman–Crippen MR) is 65.7 cm³/mol. The Morgan fingerprint density at radius 3 is 2.82 bits per heavy atom. The lowest BCUT2D eigenvalue weighted by atomic mass is 9.93. The third-order valence-corrected chi connectivity index (χ3v) is 2.94. The van der Waals surface area contributed by atoms with Crippen molar-refractivity contribution < 1.29 is 9.53 Å². The van der Waals surface area contributed by atoms with E-state index in [0.717, 1.165) is 6.54 Å². The van der Waals surface area contributed by atoms with Crippen molar-refractivity contribution in [3.63, 3.8) is 0 Å². The molecule has 2 unspecified atom stereocenters. The fraction of sp³-hybridized carbons (Fsp3) is 0.667. The zero-order valence-electron chi connectivity index (χ0n) is 10.9. The van der Waals surface area contributed by atoms with Gasteiger partial charge >= 0.3 is 5.97 Å². The van der Waals surface area contributed by atoms with Crippen LogP contribution in [0.15, 0.2) is 18.7 Å². The van der Waals surface area contributed by atoms with Gasteiger partial charge in [-0.2, -0.15) is 0 Å². The van der Waals surface area contributed by atoms with Crippen molar-refractivity contribution in [1.82, 2.24) is 14.9 Å². The van der Waals surface area contributed by atoms with Crippen molar-refractivity contribution in [2.75, 3.05) is 13.7 Å². The number of nitrogens with one attached hydrogen (secondary N) is 1. The average molecular weight is 239 g/mol. The number of carbonyl (C=O) groups is 1. The van der Waals surface area contributed by atoms with E-state index in [1.807, 2.05) is 24.6 Å². The highest BCUT2D eigenvalue weighted by atomic mass is 16.5. The summed E-state index contributed by atoms with van der Waals surface area (Å²) in [5, 5.41) is 3.19. The molecular weight excluding hydrogens is 218 g/mol. The fourth-order valence-electron chi connectivity index (χ4n) is 2.07. The minimum Gasteiger partial charge on any atom is -0.468 e. The molecule has 0 fully saturated rings. The molecule has 1 N–H and O–H groups in total. The third-order valence-electron chi connectivity index (χ3n) is 2.94. The van der Waals surface area contributed by atoms with Gasteiger partial charge in [0.05, 0.1) is 13.4 Å². The molecule has 1 aromatic rings. The molecule has 1 aromatic heterocycles. The van der Waals surface area contributed by atoms with E-state index >= 15 is 0 Å². The summed E-state index contributed by atoms with van der Waals surface area (Å²) in [6.45, 7) is 6.63. The van der Waals surface area contributed by atoms with Crippen molar-refractivity contribution in [3.8, 4) is 0 Å². The predicted octanol–water partition coefficient (Wildman–Crippen LogP) is 1.38. The van der Waals surface area contributed by atoms with Crippen molar-refractivity contribution in [2.24, 2.45) is 0 Å². The molecule has 0 amide bonds. The molecule has 0 bridgehead atoms. The molecule has 17 heavy (non-hydrogen) atoms. The molecule has 0 saturated carbocycles. The maximum atomic E-state index is 11.8. The van der Waals surface area contributed by atoms with E-state index in [2.05, 4.69) is 17.2 Å². The van der Waals surface area contributed by atoms with Gasteiger partial charge in [0.25, 0.3) is 0 Å². The van der Waals surface area contributed by atoms with Crippen LogP contribution in [-0.2, 0) is 9.53 Å². The smallest absolute Gasteiger partial charge is 0.325 e. The number of ether oxygens (including phenoxy) is 1. The van der Waals surface area contributed by atoms with E-state index in [9.17, 15) is 4.79 Å². The second-order valence-corrected chi connectivity index (χ2v) is 4.42. The van der Waals surface area contributed by atoms with Crippen LogP contribution >= 0.6 is 0 Å². The van der Waals surface area contributed by atoms with Crippen molar-refractivity contribution in [2.45, 2.75) is 38.8 Å². The summed E-state index contributed by atoms with van der Waals surface area (Å²) in [6.07, 6.45) is 6.05. The molecule has 0 aliphatic carbocycles. The van der Waals surface area contributed by atoms with Crippen molar-refractivity contribution >= 4 is 5.97 Å². The molecule has 0 radical (unpaired) electrons. The summed E-state index contributed by atoms with van der Waals surface area (Å²) < 4.78 is 6.84. The number of methoxy groups -OCH3 is 1. The lowest BCUT2D eigenvalue weighted by Crippen LogP contribution is -2.51. The minimum absolute atomic E-state index is 0.181. The van der Waals surface area contributed by atoms with Gasteiger partial charge in [0.1, 0.15) is 5.54 Å². The minimum atomic E-state index is -0.660. The van der Waals surface area contributed by atoms with Gasteiger partial charge in [-0.1, -0.05) is 6.92 Å². The third kappa shape index (κ3) is 3.30. The lowest BCUT2D eigenvalue weighted by Gasteiger charge is -2.30. The van der Waals surface area contributed by atoms with Crippen LogP contribution in [0.4, 0.5) is 0 Å². The van der Waals surface area contributed by atoms with Crippen LogP contribution in [0.1, 0.15) is 33.2 Å². The zero-order valence-corrected chi connectivity index (χ0v) is 10.9. The van der Waals surface area contributed by atoms with E-state index in [1.165, 1.54) is 7.11 Å². The first-order valence-corrected chi connectivity index (χ1v) is 5.84. The molecule has 2 atom stereocenters. The SMILES string of the molecule is CCNC(C)(CC(C)n1ccnc1)C(=O)OC. The van der Waals surface area contributed by atoms with Gasteiger partial charge in [0.15, 0.2) is 0 Å². The van der Waals surface area contributed by atoms with Gasteiger partial charge in [-0.05, 0) is 26.8 Å². The molecule has 0 saturated heterocycles. The molecule has 96 valence electrons. The number of nitrogens with zero attached hydrogens (tertiary/aromatic N) is 2. The first-order chi connectivity index (χ1) is 8.03. The highest BCUT2D eigenvalue weighted by molar-refractivity contribution is 5.80. The molecular formula is C12H21N3O2. The highest BCUT2D eigenvalue weighted by Crippen LogP contribution is 2.21. The topological polar surface area (TPSA) is 56.2 Å². The van der Waals surface area contributed by atoms with Gasteiger partial charge < -0.3 is 14.6 Å². The van der Waals surface area contributed by atoms with Gasteiger partial charge in [-0.15, -0.1) is 0 Å². The summed E-state index contributed by atoms with van der Waals surface area (Å²) >= 11 is 0. The maximum Gasteiger partial charge on any atom is 0.325 e. The zero-order chi connectivity index (χ0) is 12.9. The van der Waals surface area contributed by atoms with Crippen LogP contribution in [0.5, 0.6) is 0 Å². The van der Waals surface area contributed by atoms with Gasteiger partial charge in [-0.25, -0.2) is 4.98 Å². The average Bonchev–Trinajstić information content (AvgIpc) is 2.81. The van der Waals surface area contributed by atoms with Gasteiger partial charge in [0.2, 0.25) is 0 Å². The van der Waals surface area contributed by atoms with Crippen LogP contribution in [0.2, 0.25) is 0 Å². The lowest BCUT2D eigenvalue weighted by molar-refractivity contribution is -0.148. The number of esters is 1. The largest absolute Gasteiger partial charge is 0.468 e. The Morgan fingerprint density at radius 2 is 2.35 bits per heavy atom. The van der Waals surface area contributed by atoms with E-state index in [0.29, 0.717) is 6.42 Å². The van der Waals surface area contributed by atoms with E-state index in [1.54, 1.807) is 12.5 Å². The maximum absolute atomic E-state index is 11.8. The molecule has 1 rings (SSSR count). The Kier molecular flexibility index (Phi) is 4.69. The van der Waals surface area contributed by atoms with Crippen molar-refractivity contribution in [1.29, 1.82) is 0 Å². The van der Waals surface area contributed by atoms with Gasteiger partial charge in [0, 0.05) is 18.4 Å². The number of aromatic nitrogens is 2. The van der Waals surface area contributed by atoms with Gasteiger partial charge in [-0.3, -0.25) is 4.79 Å². The Hall–Kier alpha value is -1.36. The summed E-state index contributed by atoms with van der Waals surface area (Å²) in [7, 11) is 1.42. The van der Waals surface area contributed by atoms with E-state index in [4.69, 9.17) is 4.74 Å². The monoisotopic (exact) mass is 239 g/mol. The summed E-state index contributed by atoms with van der Waals surface area (Å²) in [6, 6.07) is 0.181. The van der Waals surface area contributed by atoms with Crippen LogP contribution in [0.3, 0.4) is 0 Å². The summed E-state index contributed by atoms with van der Waals surface area (Å²) in [5.74, 6) is -0.230. The molecule has 0 spiro atoms. The highest BCUT2D eigenvalue weighted by Gasteiger charge is 2.35.